The van der Waals surface area contributed by atoms with E-state index in [0.717, 1.165) is 49.3 Å². The molecule has 1 N–H and O–H groups in total. The first-order valence-corrected chi connectivity index (χ1v) is 9.78. The standard InChI is InChI=1S/C23H33N2O/c1-23(2)19-25(3,16-15-24-23)17-18-26-22-13-11-21(12-14-22)10-9-20-7-5-4-6-8-20/h4-8,11-14,24H,9-10,15-19H2,1-3H3/q+1. The fraction of sp³-hybridized carbons (Fsp3) is 0.478. The Balaban J connectivity index is 1.44. The van der Waals surface area contributed by atoms with Crippen molar-refractivity contribution >= 4 is 0 Å². The van der Waals surface area contributed by atoms with E-state index in [-0.39, 0.29) is 5.54 Å². The molecule has 0 bridgehead atoms. The number of ether oxygens (including phenoxy) is 1. The lowest BCUT2D eigenvalue weighted by atomic mass is 10.0. The first kappa shape index (κ1) is 18.9. The van der Waals surface area contributed by atoms with Gasteiger partial charge in [-0.05, 0) is 49.9 Å². The number of quaternary nitrogens is 1. The van der Waals surface area contributed by atoms with Crippen molar-refractivity contribution in [2.75, 3.05) is 39.8 Å². The molecule has 0 radical (unpaired) electrons. The predicted molar refractivity (Wildman–Crippen MR) is 109 cm³/mol. The smallest absolute Gasteiger partial charge is 0.137 e. The van der Waals surface area contributed by atoms with Crippen LogP contribution >= 0.6 is 0 Å². The van der Waals surface area contributed by atoms with E-state index in [9.17, 15) is 0 Å². The molecule has 26 heavy (non-hydrogen) atoms. The summed E-state index contributed by atoms with van der Waals surface area (Å²) in [5.74, 6) is 0.981. The van der Waals surface area contributed by atoms with E-state index in [0.29, 0.717) is 0 Å². The van der Waals surface area contributed by atoms with Crippen molar-refractivity contribution in [2.24, 2.45) is 0 Å². The second kappa shape index (κ2) is 8.24. The van der Waals surface area contributed by atoms with Crippen LogP contribution in [0.4, 0.5) is 0 Å². The van der Waals surface area contributed by atoms with E-state index >= 15 is 0 Å². The number of nitrogens with zero attached hydrogens (tertiary/aromatic N) is 1. The van der Waals surface area contributed by atoms with Gasteiger partial charge in [0.2, 0.25) is 0 Å². The number of benzene rings is 2. The maximum Gasteiger partial charge on any atom is 0.137 e. The Labute approximate surface area is 158 Å². The number of hydrogen-bond donors (Lipinski definition) is 1. The average molecular weight is 354 g/mol. The maximum atomic E-state index is 6.02. The molecule has 3 nitrogen and oxygen atoms in total. The van der Waals surface area contributed by atoms with Crippen molar-refractivity contribution in [1.82, 2.24) is 5.32 Å². The summed E-state index contributed by atoms with van der Waals surface area (Å²) in [5, 5.41) is 3.60. The van der Waals surface area contributed by atoms with E-state index in [1.54, 1.807) is 0 Å². The van der Waals surface area contributed by atoms with E-state index < -0.39 is 0 Å². The van der Waals surface area contributed by atoms with Crippen LogP contribution < -0.4 is 10.1 Å². The minimum absolute atomic E-state index is 0.216. The van der Waals surface area contributed by atoms with Gasteiger partial charge in [-0.1, -0.05) is 42.5 Å². The molecule has 1 heterocycles. The Bertz CT molecular complexity index is 681. The lowest BCUT2D eigenvalue weighted by Crippen LogP contribution is -2.65. The van der Waals surface area contributed by atoms with Gasteiger partial charge in [0.1, 0.15) is 18.9 Å². The van der Waals surface area contributed by atoms with Crippen LogP contribution in [-0.4, -0.2) is 49.9 Å². The Hall–Kier alpha value is -1.84. The molecule has 1 saturated heterocycles. The van der Waals surface area contributed by atoms with E-state index in [4.69, 9.17) is 4.74 Å². The lowest BCUT2D eigenvalue weighted by Gasteiger charge is -2.45. The van der Waals surface area contributed by atoms with Crippen molar-refractivity contribution < 1.29 is 9.22 Å². The number of aryl methyl sites for hydroxylation is 2. The van der Waals surface area contributed by atoms with Gasteiger partial charge in [-0.25, -0.2) is 0 Å². The van der Waals surface area contributed by atoms with Gasteiger partial charge in [0, 0.05) is 6.54 Å². The Morgan fingerprint density at radius 2 is 1.62 bits per heavy atom. The molecule has 0 aromatic heterocycles. The molecule has 3 heteroatoms. The molecule has 1 atom stereocenters. The topological polar surface area (TPSA) is 21.3 Å². The van der Waals surface area contributed by atoms with Crippen molar-refractivity contribution in [3.63, 3.8) is 0 Å². The number of rotatable bonds is 7. The number of nitrogens with one attached hydrogen (secondary N) is 1. The van der Waals surface area contributed by atoms with E-state index in [1.807, 2.05) is 0 Å². The van der Waals surface area contributed by atoms with Gasteiger partial charge in [-0.3, -0.25) is 0 Å². The molecule has 1 aliphatic rings. The third-order valence-corrected chi connectivity index (χ3v) is 5.40. The minimum Gasteiger partial charge on any atom is -0.488 e. The first-order chi connectivity index (χ1) is 12.4. The van der Waals surface area contributed by atoms with Crippen LogP contribution in [0.25, 0.3) is 0 Å². The third-order valence-electron chi connectivity index (χ3n) is 5.40. The zero-order chi connectivity index (χ0) is 18.5. The maximum absolute atomic E-state index is 6.02. The van der Waals surface area contributed by atoms with Crippen LogP contribution in [0, 0.1) is 0 Å². The molecule has 1 aliphatic heterocycles. The quantitative estimate of drug-likeness (QED) is 0.767. The van der Waals surface area contributed by atoms with Gasteiger partial charge < -0.3 is 14.5 Å². The second-order valence-electron chi connectivity index (χ2n) is 8.51. The average Bonchev–Trinajstić information content (AvgIpc) is 2.61. The highest BCUT2D eigenvalue weighted by molar-refractivity contribution is 5.28. The summed E-state index contributed by atoms with van der Waals surface area (Å²) in [5.41, 5.74) is 2.97. The molecule has 0 spiro atoms. The fourth-order valence-corrected chi connectivity index (χ4v) is 4.01. The first-order valence-electron chi connectivity index (χ1n) is 9.78. The summed E-state index contributed by atoms with van der Waals surface area (Å²) in [7, 11) is 2.35. The van der Waals surface area contributed by atoms with Crippen LogP contribution in [0.15, 0.2) is 54.6 Å². The normalized spacial score (nSPS) is 22.1. The molecule has 0 aliphatic carbocycles. The third kappa shape index (κ3) is 5.58. The highest BCUT2D eigenvalue weighted by atomic mass is 16.5. The van der Waals surface area contributed by atoms with E-state index in [1.165, 1.54) is 17.7 Å². The largest absolute Gasteiger partial charge is 0.488 e. The predicted octanol–water partition coefficient (Wildman–Crippen LogP) is 3.68. The summed E-state index contributed by atoms with van der Waals surface area (Å²) in [6.45, 7) is 9.81. The Kier molecular flexibility index (Phi) is 6.00. The summed E-state index contributed by atoms with van der Waals surface area (Å²) in [6.07, 6.45) is 2.15. The Morgan fingerprint density at radius 1 is 0.962 bits per heavy atom. The molecule has 1 unspecified atom stereocenters. The van der Waals surface area contributed by atoms with Crippen LogP contribution in [-0.2, 0) is 12.8 Å². The van der Waals surface area contributed by atoms with Crippen LogP contribution in [0.2, 0.25) is 0 Å². The van der Waals surface area contributed by atoms with Gasteiger partial charge in [-0.15, -0.1) is 0 Å². The zero-order valence-corrected chi connectivity index (χ0v) is 16.5. The summed E-state index contributed by atoms with van der Waals surface area (Å²) in [6, 6.07) is 19.3. The van der Waals surface area contributed by atoms with Gasteiger partial charge >= 0.3 is 0 Å². The van der Waals surface area contributed by atoms with E-state index in [2.05, 4.69) is 80.8 Å². The van der Waals surface area contributed by atoms with Crippen LogP contribution in [0.5, 0.6) is 5.75 Å². The van der Waals surface area contributed by atoms with Gasteiger partial charge in [0.15, 0.2) is 0 Å². The fourth-order valence-electron chi connectivity index (χ4n) is 4.01. The highest BCUT2D eigenvalue weighted by Crippen LogP contribution is 2.18. The van der Waals surface area contributed by atoms with Gasteiger partial charge in [0.05, 0.1) is 25.7 Å². The summed E-state index contributed by atoms with van der Waals surface area (Å²) < 4.78 is 7.10. The van der Waals surface area contributed by atoms with Crippen molar-refractivity contribution in [2.45, 2.75) is 32.2 Å². The molecule has 0 amide bonds. The molecule has 1 fully saturated rings. The Morgan fingerprint density at radius 3 is 2.27 bits per heavy atom. The van der Waals surface area contributed by atoms with Crippen molar-refractivity contribution in [3.05, 3.63) is 65.7 Å². The zero-order valence-electron chi connectivity index (χ0n) is 16.5. The van der Waals surface area contributed by atoms with Crippen LogP contribution in [0.1, 0.15) is 25.0 Å². The SMILES string of the molecule is CC1(C)C[N+](C)(CCOc2ccc(CCc3ccccc3)cc2)CCN1. The monoisotopic (exact) mass is 353 g/mol. The number of piperazine rings is 1. The van der Waals surface area contributed by atoms with Gasteiger partial charge in [0.25, 0.3) is 0 Å². The molecule has 140 valence electrons. The summed E-state index contributed by atoms with van der Waals surface area (Å²) in [4.78, 5) is 0. The molecule has 2 aromatic rings. The molecule has 3 rings (SSSR count). The van der Waals surface area contributed by atoms with Crippen molar-refractivity contribution in [3.8, 4) is 5.75 Å². The number of likely N-dealkylation sites (N-methyl/N-ethyl adjacent to an activating group) is 1. The van der Waals surface area contributed by atoms with Crippen LogP contribution in [0.3, 0.4) is 0 Å². The minimum atomic E-state index is 0.216. The molecule has 0 saturated carbocycles. The van der Waals surface area contributed by atoms with Gasteiger partial charge in [-0.2, -0.15) is 0 Å². The summed E-state index contributed by atoms with van der Waals surface area (Å²) >= 11 is 0. The highest BCUT2D eigenvalue weighted by Gasteiger charge is 2.35. The lowest BCUT2D eigenvalue weighted by molar-refractivity contribution is -0.916. The molecular formula is C23H33N2O+. The molecule has 2 aromatic carbocycles. The second-order valence-corrected chi connectivity index (χ2v) is 8.51. The molecular weight excluding hydrogens is 320 g/mol. The number of hydrogen-bond acceptors (Lipinski definition) is 2. The van der Waals surface area contributed by atoms with Crippen molar-refractivity contribution in [1.29, 1.82) is 0 Å².